The summed E-state index contributed by atoms with van der Waals surface area (Å²) < 4.78 is 5.48. The zero-order chi connectivity index (χ0) is 18.4. The van der Waals surface area contributed by atoms with E-state index in [0.717, 1.165) is 31.9 Å². The number of guanidine groups is 1. The molecule has 1 fully saturated rings. The van der Waals surface area contributed by atoms with Crippen LogP contribution < -0.4 is 10.6 Å². The maximum absolute atomic E-state index is 12.2. The van der Waals surface area contributed by atoms with Crippen LogP contribution in [0.3, 0.4) is 0 Å². The highest BCUT2D eigenvalue weighted by molar-refractivity contribution is 5.80. The van der Waals surface area contributed by atoms with Crippen molar-refractivity contribution in [3.63, 3.8) is 0 Å². The predicted molar refractivity (Wildman–Crippen MR) is 99.4 cm³/mol. The van der Waals surface area contributed by atoms with E-state index >= 15 is 0 Å². The van der Waals surface area contributed by atoms with Gasteiger partial charge in [0.15, 0.2) is 5.96 Å². The lowest BCUT2D eigenvalue weighted by molar-refractivity contribution is 0.0170. The average Bonchev–Trinajstić information content (AvgIpc) is 2.42. The van der Waals surface area contributed by atoms with Crippen LogP contribution in [0.2, 0.25) is 0 Å². The first-order valence-corrected chi connectivity index (χ1v) is 9.04. The molecule has 1 heterocycles. The molecule has 1 aliphatic rings. The minimum atomic E-state index is -0.447. The number of nitrogens with zero attached hydrogens (tertiary/aromatic N) is 2. The van der Waals surface area contributed by atoms with Crippen molar-refractivity contribution in [2.75, 3.05) is 26.2 Å². The van der Waals surface area contributed by atoms with Crippen molar-refractivity contribution in [2.24, 2.45) is 10.9 Å². The van der Waals surface area contributed by atoms with E-state index < -0.39 is 5.60 Å². The van der Waals surface area contributed by atoms with Crippen molar-refractivity contribution in [1.29, 1.82) is 0 Å². The van der Waals surface area contributed by atoms with Crippen LogP contribution in [0.15, 0.2) is 4.99 Å². The highest BCUT2D eigenvalue weighted by Gasteiger charge is 2.27. The number of ether oxygens (including phenoxy) is 1. The zero-order valence-corrected chi connectivity index (χ0v) is 16.5. The lowest BCUT2D eigenvalue weighted by Gasteiger charge is -2.33. The van der Waals surface area contributed by atoms with Gasteiger partial charge in [-0.05, 0) is 67.2 Å². The molecule has 0 aliphatic carbocycles. The molecule has 1 saturated heterocycles. The third-order valence-electron chi connectivity index (χ3n) is 3.52. The third kappa shape index (κ3) is 8.41. The molecular formula is C18H36N4O2. The van der Waals surface area contributed by atoms with Crippen LogP contribution in [0.4, 0.5) is 4.79 Å². The maximum Gasteiger partial charge on any atom is 0.410 e. The van der Waals surface area contributed by atoms with E-state index in [4.69, 9.17) is 9.73 Å². The van der Waals surface area contributed by atoms with Gasteiger partial charge in [0.2, 0.25) is 0 Å². The van der Waals surface area contributed by atoms with Crippen LogP contribution in [0.25, 0.3) is 0 Å². The second-order valence-electron chi connectivity index (χ2n) is 8.53. The van der Waals surface area contributed by atoms with Crippen LogP contribution >= 0.6 is 0 Å². The van der Waals surface area contributed by atoms with Crippen molar-refractivity contribution in [3.05, 3.63) is 0 Å². The van der Waals surface area contributed by atoms with Gasteiger partial charge in [0.05, 0.1) is 0 Å². The summed E-state index contributed by atoms with van der Waals surface area (Å²) in [6, 6.07) is 0. The Bertz CT molecular complexity index is 435. The van der Waals surface area contributed by atoms with Crippen molar-refractivity contribution in [3.8, 4) is 0 Å². The summed E-state index contributed by atoms with van der Waals surface area (Å²) in [5, 5.41) is 6.67. The van der Waals surface area contributed by atoms with Gasteiger partial charge in [-0.2, -0.15) is 0 Å². The third-order valence-corrected chi connectivity index (χ3v) is 3.52. The topological polar surface area (TPSA) is 66.0 Å². The molecule has 1 rings (SSSR count). The number of piperidine rings is 1. The van der Waals surface area contributed by atoms with Gasteiger partial charge in [-0.3, -0.25) is 4.99 Å². The summed E-state index contributed by atoms with van der Waals surface area (Å²) in [6.45, 7) is 17.1. The van der Waals surface area contributed by atoms with Crippen LogP contribution in [0.5, 0.6) is 0 Å². The largest absolute Gasteiger partial charge is 0.444 e. The lowest BCUT2D eigenvalue weighted by Crippen LogP contribution is -2.48. The van der Waals surface area contributed by atoms with Gasteiger partial charge in [0.25, 0.3) is 0 Å². The summed E-state index contributed by atoms with van der Waals surface area (Å²) >= 11 is 0. The van der Waals surface area contributed by atoms with Crippen molar-refractivity contribution < 1.29 is 9.53 Å². The van der Waals surface area contributed by atoms with E-state index in [1.165, 1.54) is 0 Å². The van der Waals surface area contributed by atoms with Crippen molar-refractivity contribution in [2.45, 2.75) is 72.4 Å². The number of carbonyl (C=O) groups is 1. The summed E-state index contributed by atoms with van der Waals surface area (Å²) in [7, 11) is 0. The molecule has 0 spiro atoms. The van der Waals surface area contributed by atoms with Gasteiger partial charge in [-0.25, -0.2) is 4.79 Å². The quantitative estimate of drug-likeness (QED) is 0.612. The van der Waals surface area contributed by atoms with Gasteiger partial charge < -0.3 is 20.3 Å². The summed E-state index contributed by atoms with van der Waals surface area (Å²) in [5.41, 5.74) is -0.479. The Morgan fingerprint density at radius 3 is 2.46 bits per heavy atom. The summed E-state index contributed by atoms with van der Waals surface area (Å²) in [6.07, 6.45) is 1.89. The highest BCUT2D eigenvalue weighted by atomic mass is 16.6. The van der Waals surface area contributed by atoms with E-state index in [0.29, 0.717) is 19.0 Å². The predicted octanol–water partition coefficient (Wildman–Crippen LogP) is 2.99. The summed E-state index contributed by atoms with van der Waals surface area (Å²) in [5.74, 6) is 1.21. The average molecular weight is 341 g/mol. The van der Waals surface area contributed by atoms with E-state index in [2.05, 4.69) is 38.3 Å². The smallest absolute Gasteiger partial charge is 0.410 e. The van der Waals surface area contributed by atoms with Crippen LogP contribution in [0.1, 0.15) is 61.3 Å². The number of hydrogen-bond acceptors (Lipinski definition) is 3. The fraction of sp³-hybridized carbons (Fsp3) is 0.889. The molecule has 1 atom stereocenters. The first kappa shape index (κ1) is 20.6. The molecule has 0 saturated carbocycles. The number of likely N-dealkylation sites (tertiary alicyclic amines) is 1. The first-order valence-electron chi connectivity index (χ1n) is 9.04. The molecule has 0 aromatic rings. The van der Waals surface area contributed by atoms with Gasteiger partial charge in [-0.1, -0.05) is 0 Å². The molecule has 1 amide bonds. The highest BCUT2D eigenvalue weighted by Crippen LogP contribution is 2.19. The molecule has 24 heavy (non-hydrogen) atoms. The molecule has 1 aliphatic heterocycles. The Kier molecular flexibility index (Phi) is 7.36. The van der Waals surface area contributed by atoms with Gasteiger partial charge in [-0.15, -0.1) is 0 Å². The fourth-order valence-corrected chi connectivity index (χ4v) is 2.59. The number of rotatable bonds is 3. The number of hydrogen-bond donors (Lipinski definition) is 2. The molecule has 6 heteroatoms. The van der Waals surface area contributed by atoms with Crippen LogP contribution in [-0.4, -0.2) is 54.3 Å². The Morgan fingerprint density at radius 2 is 1.92 bits per heavy atom. The molecule has 0 aromatic heterocycles. The van der Waals surface area contributed by atoms with Crippen molar-refractivity contribution in [1.82, 2.24) is 15.5 Å². The number of nitrogens with one attached hydrogen (secondary N) is 2. The van der Waals surface area contributed by atoms with Gasteiger partial charge in [0, 0.05) is 31.7 Å². The van der Waals surface area contributed by atoms with E-state index in [1.807, 2.05) is 25.7 Å². The van der Waals surface area contributed by atoms with Gasteiger partial charge >= 0.3 is 6.09 Å². The van der Waals surface area contributed by atoms with Crippen molar-refractivity contribution >= 4 is 12.1 Å². The fourth-order valence-electron chi connectivity index (χ4n) is 2.59. The molecule has 1 unspecified atom stereocenters. The normalized spacial score (nSPS) is 19.9. The first-order chi connectivity index (χ1) is 11.0. The Labute approximate surface area is 147 Å². The Morgan fingerprint density at radius 1 is 1.25 bits per heavy atom. The second-order valence-corrected chi connectivity index (χ2v) is 8.53. The Balaban J connectivity index is 2.60. The minimum Gasteiger partial charge on any atom is -0.444 e. The van der Waals surface area contributed by atoms with E-state index in [1.54, 1.807) is 0 Å². The number of aliphatic imine (C=N–C) groups is 1. The van der Waals surface area contributed by atoms with Gasteiger partial charge in [0.1, 0.15) is 5.60 Å². The standard InChI is InChI=1S/C18H36N4O2/c1-8-19-15(21-17(2,3)4)20-12-14-10-9-11-22(13-14)16(23)24-18(5,6)7/h14H,8-13H2,1-7H3,(H2,19,20,21). The van der Waals surface area contributed by atoms with Crippen LogP contribution in [0, 0.1) is 5.92 Å². The Hall–Kier alpha value is -1.46. The number of carbonyl (C=O) groups excluding carboxylic acids is 1. The molecular weight excluding hydrogens is 304 g/mol. The van der Waals surface area contributed by atoms with E-state index in [9.17, 15) is 4.79 Å². The molecule has 0 bridgehead atoms. The SMILES string of the molecule is CCNC(=NCC1CCCN(C(=O)OC(C)(C)C)C1)NC(C)(C)C. The second kappa shape index (κ2) is 8.58. The van der Waals surface area contributed by atoms with E-state index in [-0.39, 0.29) is 11.6 Å². The molecule has 6 nitrogen and oxygen atoms in total. The van der Waals surface area contributed by atoms with Crippen LogP contribution in [-0.2, 0) is 4.74 Å². The minimum absolute atomic E-state index is 0.0316. The molecule has 140 valence electrons. The molecule has 0 radical (unpaired) electrons. The molecule has 2 N–H and O–H groups in total. The zero-order valence-electron chi connectivity index (χ0n) is 16.5. The number of amides is 1. The molecule has 0 aromatic carbocycles. The monoisotopic (exact) mass is 340 g/mol. The summed E-state index contributed by atoms with van der Waals surface area (Å²) in [4.78, 5) is 18.8. The lowest BCUT2D eigenvalue weighted by atomic mass is 9.98. The maximum atomic E-state index is 12.2.